The molecular formula is C29H25FN6O3. The van der Waals surface area contributed by atoms with Crippen molar-refractivity contribution in [2.45, 2.75) is 25.2 Å². The molecule has 0 bridgehead atoms. The largest absolute Gasteiger partial charge is 0.356 e. The van der Waals surface area contributed by atoms with Gasteiger partial charge in [0.1, 0.15) is 17.8 Å². The molecule has 0 spiro atoms. The molecule has 5 aromatic rings. The van der Waals surface area contributed by atoms with Crippen LogP contribution in [0.15, 0.2) is 83.6 Å². The Balaban J connectivity index is 1.02. The monoisotopic (exact) mass is 524 g/mol. The maximum atomic E-state index is 13.5. The Bertz CT molecular complexity index is 1640. The fraction of sp³-hybridized carbons (Fsp3) is 0.207. The number of benzene rings is 3. The number of carbonyl (C=O) groups excluding carboxylic acids is 2. The first-order valence-corrected chi connectivity index (χ1v) is 12.7. The Kier molecular flexibility index (Phi) is 6.58. The first-order valence-electron chi connectivity index (χ1n) is 12.7. The van der Waals surface area contributed by atoms with Gasteiger partial charge in [0.25, 0.3) is 5.91 Å². The normalized spacial score (nSPS) is 14.0. The second-order valence-electron chi connectivity index (χ2n) is 9.53. The van der Waals surface area contributed by atoms with Crippen molar-refractivity contribution in [3.63, 3.8) is 0 Å². The van der Waals surface area contributed by atoms with Gasteiger partial charge in [0.05, 0.1) is 12.1 Å². The SMILES string of the molecule is O=C(Cc1noc2ccccc12)Nc1ccc(C2CCN(C(=O)c3ncn(-c4cccc(F)c4)n3)CC2)cc1. The summed E-state index contributed by atoms with van der Waals surface area (Å²) < 4.78 is 20.2. The van der Waals surface area contributed by atoms with Crippen LogP contribution in [0.3, 0.4) is 0 Å². The standard InChI is InChI=1S/C29H25FN6O3/c30-21-4-3-5-23(16-21)36-18-31-28(33-36)29(38)35-14-12-20(13-15-35)19-8-10-22(11-9-19)32-27(37)17-25-24-6-1-2-7-26(24)39-34-25/h1-11,16,18,20H,12-15,17H2,(H,32,37). The average molecular weight is 525 g/mol. The minimum atomic E-state index is -0.381. The van der Waals surface area contributed by atoms with Crippen LogP contribution < -0.4 is 5.32 Å². The smallest absolute Gasteiger partial charge is 0.293 e. The van der Waals surface area contributed by atoms with Crippen molar-refractivity contribution in [1.82, 2.24) is 24.8 Å². The van der Waals surface area contributed by atoms with Gasteiger partial charge in [-0.2, -0.15) is 0 Å². The molecule has 3 heterocycles. The number of fused-ring (bicyclic) bond motifs is 1. The van der Waals surface area contributed by atoms with Crippen LogP contribution in [0.2, 0.25) is 0 Å². The summed E-state index contributed by atoms with van der Waals surface area (Å²) in [5.41, 5.74) is 3.65. The van der Waals surface area contributed by atoms with E-state index in [1.165, 1.54) is 23.1 Å². The van der Waals surface area contributed by atoms with Crippen LogP contribution in [0.5, 0.6) is 0 Å². The van der Waals surface area contributed by atoms with Crippen LogP contribution in [0.4, 0.5) is 10.1 Å². The fourth-order valence-corrected chi connectivity index (χ4v) is 4.92. The summed E-state index contributed by atoms with van der Waals surface area (Å²) in [6.07, 6.45) is 3.16. The van der Waals surface area contributed by atoms with E-state index in [1.807, 2.05) is 48.5 Å². The molecule has 0 atom stereocenters. The van der Waals surface area contributed by atoms with E-state index in [-0.39, 0.29) is 29.9 Å². The highest BCUT2D eigenvalue weighted by atomic mass is 19.1. The molecule has 1 saturated heterocycles. The van der Waals surface area contributed by atoms with Crippen LogP contribution in [0.25, 0.3) is 16.7 Å². The van der Waals surface area contributed by atoms with Crippen LogP contribution in [0, 0.1) is 5.82 Å². The predicted octanol–water partition coefficient (Wildman–Crippen LogP) is 4.75. The van der Waals surface area contributed by atoms with E-state index < -0.39 is 0 Å². The Morgan fingerprint density at radius 3 is 2.59 bits per heavy atom. The van der Waals surface area contributed by atoms with Crippen molar-refractivity contribution in [2.24, 2.45) is 0 Å². The molecule has 1 fully saturated rings. The minimum Gasteiger partial charge on any atom is -0.356 e. The topological polar surface area (TPSA) is 106 Å². The molecule has 9 nitrogen and oxygen atoms in total. The van der Waals surface area contributed by atoms with E-state index in [9.17, 15) is 14.0 Å². The second kappa shape index (κ2) is 10.5. The van der Waals surface area contributed by atoms with Gasteiger partial charge >= 0.3 is 0 Å². The molecule has 196 valence electrons. The molecule has 1 aliphatic rings. The first-order chi connectivity index (χ1) is 19.0. The zero-order valence-corrected chi connectivity index (χ0v) is 21.0. The molecule has 0 aliphatic carbocycles. The quantitative estimate of drug-likeness (QED) is 0.344. The summed E-state index contributed by atoms with van der Waals surface area (Å²) in [6.45, 7) is 1.17. The molecule has 2 amide bonds. The van der Waals surface area contributed by atoms with Crippen molar-refractivity contribution in [2.75, 3.05) is 18.4 Å². The Labute approximate surface area is 223 Å². The number of nitrogens with one attached hydrogen (secondary N) is 1. The van der Waals surface area contributed by atoms with Gasteiger partial charge in [-0.15, -0.1) is 5.10 Å². The number of hydrogen-bond acceptors (Lipinski definition) is 6. The molecule has 2 aromatic heterocycles. The highest BCUT2D eigenvalue weighted by Crippen LogP contribution is 2.29. The molecule has 10 heteroatoms. The van der Waals surface area contributed by atoms with Crippen molar-refractivity contribution in [3.8, 4) is 5.69 Å². The van der Waals surface area contributed by atoms with E-state index >= 15 is 0 Å². The summed E-state index contributed by atoms with van der Waals surface area (Å²) in [4.78, 5) is 31.4. The molecule has 3 aromatic carbocycles. The summed E-state index contributed by atoms with van der Waals surface area (Å²) in [6, 6.07) is 21.3. The summed E-state index contributed by atoms with van der Waals surface area (Å²) >= 11 is 0. The number of likely N-dealkylation sites (tertiary alicyclic amines) is 1. The number of halogens is 1. The van der Waals surface area contributed by atoms with Gasteiger partial charge in [0, 0.05) is 24.2 Å². The van der Waals surface area contributed by atoms with E-state index in [0.717, 1.165) is 23.8 Å². The maximum absolute atomic E-state index is 13.5. The molecule has 6 rings (SSSR count). The Morgan fingerprint density at radius 2 is 1.79 bits per heavy atom. The predicted molar refractivity (Wildman–Crippen MR) is 142 cm³/mol. The van der Waals surface area contributed by atoms with Gasteiger partial charge in [-0.3, -0.25) is 9.59 Å². The van der Waals surface area contributed by atoms with E-state index in [4.69, 9.17) is 4.52 Å². The maximum Gasteiger partial charge on any atom is 0.293 e. The third kappa shape index (κ3) is 5.26. The van der Waals surface area contributed by atoms with E-state index in [0.29, 0.717) is 41.7 Å². The zero-order valence-electron chi connectivity index (χ0n) is 21.0. The van der Waals surface area contributed by atoms with Crippen molar-refractivity contribution < 1.29 is 18.5 Å². The lowest BCUT2D eigenvalue weighted by atomic mass is 9.89. The molecule has 39 heavy (non-hydrogen) atoms. The minimum absolute atomic E-state index is 0.0939. The second-order valence-corrected chi connectivity index (χ2v) is 9.53. The van der Waals surface area contributed by atoms with Gasteiger partial charge in [0.2, 0.25) is 11.7 Å². The van der Waals surface area contributed by atoms with Crippen molar-refractivity contribution in [3.05, 3.63) is 102 Å². The van der Waals surface area contributed by atoms with Gasteiger partial charge < -0.3 is 14.7 Å². The third-order valence-corrected chi connectivity index (χ3v) is 6.98. The Morgan fingerprint density at radius 1 is 1.00 bits per heavy atom. The molecule has 0 radical (unpaired) electrons. The highest BCUT2D eigenvalue weighted by Gasteiger charge is 2.27. The van der Waals surface area contributed by atoms with Crippen LogP contribution in [-0.2, 0) is 11.2 Å². The number of rotatable bonds is 6. The number of para-hydroxylation sites is 1. The highest BCUT2D eigenvalue weighted by molar-refractivity contribution is 5.94. The zero-order chi connectivity index (χ0) is 26.8. The average Bonchev–Trinajstić information content (AvgIpc) is 3.61. The number of carbonyl (C=O) groups is 2. The molecule has 0 unspecified atom stereocenters. The van der Waals surface area contributed by atoms with Crippen LogP contribution in [-0.4, -0.2) is 49.7 Å². The summed E-state index contributed by atoms with van der Waals surface area (Å²) in [5.74, 6) is -0.383. The van der Waals surface area contributed by atoms with Crippen molar-refractivity contribution in [1.29, 1.82) is 0 Å². The van der Waals surface area contributed by atoms with Crippen LogP contribution >= 0.6 is 0 Å². The first kappa shape index (κ1) is 24.5. The number of hydrogen-bond donors (Lipinski definition) is 1. The summed E-state index contributed by atoms with van der Waals surface area (Å²) in [7, 11) is 0. The molecule has 0 saturated carbocycles. The molecular weight excluding hydrogens is 499 g/mol. The fourth-order valence-electron chi connectivity index (χ4n) is 4.92. The molecule has 1 N–H and O–H groups in total. The lowest BCUT2D eigenvalue weighted by Gasteiger charge is -2.31. The van der Waals surface area contributed by atoms with Gasteiger partial charge in [-0.05, 0) is 66.8 Å². The molecule has 1 aliphatic heterocycles. The number of nitrogens with zero attached hydrogens (tertiary/aromatic N) is 5. The van der Waals surface area contributed by atoms with Crippen molar-refractivity contribution >= 4 is 28.5 Å². The van der Waals surface area contributed by atoms with Gasteiger partial charge in [0.15, 0.2) is 5.58 Å². The lowest BCUT2D eigenvalue weighted by molar-refractivity contribution is -0.115. The summed E-state index contributed by atoms with van der Waals surface area (Å²) in [5, 5.41) is 12.0. The van der Waals surface area contributed by atoms with E-state index in [1.54, 1.807) is 17.0 Å². The van der Waals surface area contributed by atoms with Gasteiger partial charge in [-0.25, -0.2) is 14.1 Å². The van der Waals surface area contributed by atoms with E-state index in [2.05, 4.69) is 20.6 Å². The van der Waals surface area contributed by atoms with Crippen LogP contribution in [0.1, 0.15) is 40.6 Å². The Hall–Kier alpha value is -4.86. The number of amides is 2. The lowest BCUT2D eigenvalue weighted by Crippen LogP contribution is -2.38. The third-order valence-electron chi connectivity index (χ3n) is 6.98. The number of aromatic nitrogens is 4. The number of anilines is 1. The van der Waals surface area contributed by atoms with Gasteiger partial charge in [-0.1, -0.05) is 35.5 Å². The number of piperidine rings is 1.